The molecule has 3 heteroatoms. The van der Waals surface area contributed by atoms with Gasteiger partial charge in [0.05, 0.1) is 0 Å². The van der Waals surface area contributed by atoms with E-state index in [-0.39, 0.29) is 0 Å². The number of hydrazine groups is 1. The van der Waals surface area contributed by atoms with Crippen LogP contribution in [0.1, 0.15) is 17.5 Å². The Bertz CT molecular complexity index is 289. The Morgan fingerprint density at radius 1 is 1.47 bits per heavy atom. The molecule has 0 radical (unpaired) electrons. The molecule has 0 aliphatic heterocycles. The summed E-state index contributed by atoms with van der Waals surface area (Å²) in [5.74, 6) is 6.69. The SMILES string of the molecule is CSCCC(Cc1cccc(C)c1)NN. The van der Waals surface area contributed by atoms with E-state index in [1.54, 1.807) is 0 Å². The lowest BCUT2D eigenvalue weighted by Gasteiger charge is -2.15. The molecule has 1 rings (SSSR count). The van der Waals surface area contributed by atoms with Crippen LogP contribution in [-0.2, 0) is 6.42 Å². The molecule has 1 aromatic carbocycles. The molecule has 0 fully saturated rings. The van der Waals surface area contributed by atoms with Crippen molar-refractivity contribution in [1.82, 2.24) is 5.43 Å². The molecule has 0 amide bonds. The normalized spacial score (nSPS) is 12.7. The number of hydrogen-bond donors (Lipinski definition) is 2. The minimum atomic E-state index is 0.388. The molecule has 1 atom stereocenters. The highest BCUT2D eigenvalue weighted by atomic mass is 32.2. The van der Waals surface area contributed by atoms with Crippen molar-refractivity contribution < 1.29 is 0 Å². The summed E-state index contributed by atoms with van der Waals surface area (Å²) in [5.41, 5.74) is 5.56. The van der Waals surface area contributed by atoms with E-state index in [9.17, 15) is 0 Å². The molecular formula is C12H20N2S. The molecule has 0 bridgehead atoms. The summed E-state index contributed by atoms with van der Waals surface area (Å²) >= 11 is 1.86. The van der Waals surface area contributed by atoms with Crippen LogP contribution in [0.4, 0.5) is 0 Å². The van der Waals surface area contributed by atoms with E-state index >= 15 is 0 Å². The molecule has 15 heavy (non-hydrogen) atoms. The third-order valence-corrected chi connectivity index (χ3v) is 3.11. The van der Waals surface area contributed by atoms with Crippen LogP contribution in [0.25, 0.3) is 0 Å². The van der Waals surface area contributed by atoms with Gasteiger partial charge in [-0.2, -0.15) is 11.8 Å². The molecule has 1 aromatic rings. The molecule has 84 valence electrons. The monoisotopic (exact) mass is 224 g/mol. The predicted molar refractivity (Wildman–Crippen MR) is 69.0 cm³/mol. The van der Waals surface area contributed by atoms with Crippen molar-refractivity contribution in [3.63, 3.8) is 0 Å². The van der Waals surface area contributed by atoms with Crippen LogP contribution in [-0.4, -0.2) is 18.1 Å². The first kappa shape index (κ1) is 12.6. The average molecular weight is 224 g/mol. The van der Waals surface area contributed by atoms with Crippen molar-refractivity contribution in [2.45, 2.75) is 25.8 Å². The number of aryl methyl sites for hydroxylation is 1. The molecule has 3 N–H and O–H groups in total. The second kappa shape index (κ2) is 6.88. The number of hydrogen-bond acceptors (Lipinski definition) is 3. The third-order valence-electron chi connectivity index (χ3n) is 2.47. The van der Waals surface area contributed by atoms with Gasteiger partial charge in [-0.3, -0.25) is 11.3 Å². The van der Waals surface area contributed by atoms with Crippen molar-refractivity contribution in [3.05, 3.63) is 35.4 Å². The van der Waals surface area contributed by atoms with Gasteiger partial charge >= 0.3 is 0 Å². The minimum absolute atomic E-state index is 0.388. The highest BCUT2D eigenvalue weighted by molar-refractivity contribution is 7.98. The Balaban J connectivity index is 2.50. The Morgan fingerprint density at radius 2 is 2.27 bits per heavy atom. The van der Waals surface area contributed by atoms with Gasteiger partial charge in [0.15, 0.2) is 0 Å². The summed E-state index contributed by atoms with van der Waals surface area (Å²) in [7, 11) is 0. The number of nitrogens with two attached hydrogens (primary N) is 1. The fourth-order valence-corrected chi connectivity index (χ4v) is 2.15. The van der Waals surface area contributed by atoms with Gasteiger partial charge in [-0.05, 0) is 37.3 Å². The Morgan fingerprint density at radius 3 is 2.87 bits per heavy atom. The first-order valence-corrected chi connectivity index (χ1v) is 6.66. The maximum atomic E-state index is 5.54. The zero-order chi connectivity index (χ0) is 11.1. The third kappa shape index (κ3) is 4.69. The molecule has 0 aromatic heterocycles. The average Bonchev–Trinajstić information content (AvgIpc) is 2.24. The van der Waals surface area contributed by atoms with E-state index in [0.717, 1.165) is 18.6 Å². The van der Waals surface area contributed by atoms with Crippen LogP contribution < -0.4 is 11.3 Å². The molecular weight excluding hydrogens is 204 g/mol. The summed E-state index contributed by atoms with van der Waals surface area (Å²) in [4.78, 5) is 0. The van der Waals surface area contributed by atoms with Gasteiger partial charge in [0.25, 0.3) is 0 Å². The predicted octanol–water partition coefficient (Wildman–Crippen LogP) is 2.12. The second-order valence-corrected chi connectivity index (χ2v) is 4.82. The topological polar surface area (TPSA) is 38.0 Å². The first-order valence-electron chi connectivity index (χ1n) is 5.27. The summed E-state index contributed by atoms with van der Waals surface area (Å²) in [5, 5.41) is 0. The van der Waals surface area contributed by atoms with Crippen molar-refractivity contribution >= 4 is 11.8 Å². The van der Waals surface area contributed by atoms with E-state index in [1.165, 1.54) is 11.1 Å². The number of thioether (sulfide) groups is 1. The lowest BCUT2D eigenvalue weighted by atomic mass is 10.0. The number of nitrogens with one attached hydrogen (secondary N) is 1. The minimum Gasteiger partial charge on any atom is -0.271 e. The maximum absolute atomic E-state index is 5.54. The van der Waals surface area contributed by atoms with E-state index < -0.39 is 0 Å². The van der Waals surface area contributed by atoms with E-state index in [1.807, 2.05) is 11.8 Å². The Hall–Kier alpha value is -0.510. The smallest absolute Gasteiger partial charge is 0.0258 e. The molecule has 0 aliphatic carbocycles. The van der Waals surface area contributed by atoms with E-state index in [4.69, 9.17) is 5.84 Å². The van der Waals surface area contributed by atoms with Gasteiger partial charge in [-0.25, -0.2) is 0 Å². The van der Waals surface area contributed by atoms with Gasteiger partial charge in [0.1, 0.15) is 0 Å². The highest BCUT2D eigenvalue weighted by Crippen LogP contribution is 2.09. The highest BCUT2D eigenvalue weighted by Gasteiger charge is 2.06. The number of benzene rings is 1. The van der Waals surface area contributed by atoms with Gasteiger partial charge in [-0.15, -0.1) is 0 Å². The molecule has 0 saturated heterocycles. The zero-order valence-electron chi connectivity index (χ0n) is 9.49. The van der Waals surface area contributed by atoms with Gasteiger partial charge in [0.2, 0.25) is 0 Å². The summed E-state index contributed by atoms with van der Waals surface area (Å²) in [6, 6.07) is 9.00. The fraction of sp³-hybridized carbons (Fsp3) is 0.500. The molecule has 2 nitrogen and oxygen atoms in total. The van der Waals surface area contributed by atoms with Gasteiger partial charge < -0.3 is 0 Å². The summed E-state index contributed by atoms with van der Waals surface area (Å²) in [6.07, 6.45) is 4.25. The molecule has 0 saturated carbocycles. The van der Waals surface area contributed by atoms with Crippen molar-refractivity contribution in [2.24, 2.45) is 5.84 Å². The summed E-state index contributed by atoms with van der Waals surface area (Å²) in [6.45, 7) is 2.12. The number of rotatable bonds is 6. The van der Waals surface area contributed by atoms with Gasteiger partial charge in [-0.1, -0.05) is 29.8 Å². The molecule has 0 heterocycles. The van der Waals surface area contributed by atoms with Crippen LogP contribution in [0, 0.1) is 6.92 Å². The standard InChI is InChI=1S/C12H20N2S/c1-10-4-3-5-11(8-10)9-12(14-13)6-7-15-2/h3-5,8,12,14H,6-7,9,13H2,1-2H3. The Labute approximate surface area is 96.6 Å². The van der Waals surface area contributed by atoms with Crippen LogP contribution in [0.3, 0.4) is 0 Å². The van der Waals surface area contributed by atoms with Crippen molar-refractivity contribution in [1.29, 1.82) is 0 Å². The van der Waals surface area contributed by atoms with Crippen LogP contribution >= 0.6 is 11.8 Å². The lowest BCUT2D eigenvalue weighted by Crippen LogP contribution is -2.37. The van der Waals surface area contributed by atoms with Crippen molar-refractivity contribution in [2.75, 3.05) is 12.0 Å². The maximum Gasteiger partial charge on any atom is 0.0258 e. The van der Waals surface area contributed by atoms with E-state index in [2.05, 4.69) is 42.9 Å². The first-order chi connectivity index (χ1) is 7.26. The lowest BCUT2D eigenvalue weighted by molar-refractivity contribution is 0.514. The molecule has 0 spiro atoms. The largest absolute Gasteiger partial charge is 0.271 e. The quantitative estimate of drug-likeness (QED) is 0.574. The Kier molecular flexibility index (Phi) is 5.76. The van der Waals surface area contributed by atoms with Gasteiger partial charge in [0, 0.05) is 6.04 Å². The van der Waals surface area contributed by atoms with Crippen LogP contribution in [0.5, 0.6) is 0 Å². The van der Waals surface area contributed by atoms with E-state index in [0.29, 0.717) is 6.04 Å². The molecule has 1 unspecified atom stereocenters. The fourth-order valence-electron chi connectivity index (χ4n) is 1.63. The van der Waals surface area contributed by atoms with Crippen LogP contribution in [0.2, 0.25) is 0 Å². The van der Waals surface area contributed by atoms with Crippen LogP contribution in [0.15, 0.2) is 24.3 Å². The summed E-state index contributed by atoms with van der Waals surface area (Å²) < 4.78 is 0. The second-order valence-electron chi connectivity index (χ2n) is 3.84. The van der Waals surface area contributed by atoms with Crippen molar-refractivity contribution in [3.8, 4) is 0 Å². The molecule has 0 aliphatic rings. The zero-order valence-corrected chi connectivity index (χ0v) is 10.3.